The third kappa shape index (κ3) is 4.18. The smallest absolute Gasteiger partial charge is 0.256 e. The van der Waals surface area contributed by atoms with Crippen molar-refractivity contribution in [1.82, 2.24) is 14.9 Å². The molecule has 4 rings (SSSR count). The van der Waals surface area contributed by atoms with Gasteiger partial charge >= 0.3 is 0 Å². The molecule has 30 heavy (non-hydrogen) atoms. The molecule has 1 fully saturated rings. The number of aliphatic hydroxyl groups excluding tert-OH is 1. The summed E-state index contributed by atoms with van der Waals surface area (Å²) in [4.78, 5) is 25.5. The average Bonchev–Trinajstić information content (AvgIpc) is 3.03. The maximum absolute atomic E-state index is 12.6. The fraction of sp³-hybridized carbons (Fsp3) is 0.500. The van der Waals surface area contributed by atoms with Gasteiger partial charge in [0.15, 0.2) is 0 Å². The first-order valence-electron chi connectivity index (χ1n) is 10.3. The summed E-state index contributed by atoms with van der Waals surface area (Å²) >= 11 is 0. The summed E-state index contributed by atoms with van der Waals surface area (Å²) in [5.41, 5.74) is 2.45. The number of aryl methyl sites for hydroxylation is 1. The molecule has 1 atom stereocenters. The Morgan fingerprint density at radius 3 is 2.70 bits per heavy atom. The number of hydrogen-bond donors (Lipinski definition) is 1. The van der Waals surface area contributed by atoms with Gasteiger partial charge in [0.25, 0.3) is 5.91 Å². The quantitative estimate of drug-likeness (QED) is 0.778. The van der Waals surface area contributed by atoms with Gasteiger partial charge in [-0.25, -0.2) is 9.97 Å². The molecule has 0 spiro atoms. The molecule has 1 unspecified atom stereocenters. The Labute approximate surface area is 176 Å². The first kappa shape index (κ1) is 20.4. The van der Waals surface area contributed by atoms with Crippen LogP contribution in [-0.4, -0.2) is 64.8 Å². The van der Waals surface area contributed by atoms with Crippen LogP contribution in [0.3, 0.4) is 0 Å². The highest BCUT2D eigenvalue weighted by Crippen LogP contribution is 2.30. The van der Waals surface area contributed by atoms with Gasteiger partial charge in [-0.05, 0) is 31.5 Å². The van der Waals surface area contributed by atoms with Gasteiger partial charge in [-0.1, -0.05) is 0 Å². The third-order valence-electron chi connectivity index (χ3n) is 5.57. The molecule has 1 amide bonds. The van der Waals surface area contributed by atoms with Crippen molar-refractivity contribution < 1.29 is 19.4 Å². The monoisotopic (exact) mass is 412 g/mol. The number of hydrogen-bond acceptors (Lipinski definition) is 7. The molecule has 0 aliphatic carbocycles. The zero-order valence-electron chi connectivity index (χ0n) is 17.7. The van der Waals surface area contributed by atoms with Crippen molar-refractivity contribution in [3.63, 3.8) is 0 Å². The van der Waals surface area contributed by atoms with Gasteiger partial charge < -0.3 is 24.4 Å². The molecule has 0 bridgehead atoms. The fourth-order valence-electron chi connectivity index (χ4n) is 4.09. The van der Waals surface area contributed by atoms with Crippen LogP contribution >= 0.6 is 0 Å². The summed E-state index contributed by atoms with van der Waals surface area (Å²) < 4.78 is 11.1. The van der Waals surface area contributed by atoms with Crippen LogP contribution < -0.4 is 14.4 Å². The normalized spacial score (nSPS) is 17.8. The summed E-state index contributed by atoms with van der Waals surface area (Å²) in [6.45, 7) is 6.15. The standard InChI is InChI=1S/C22H28N4O4/c1-14-10-18-19(13-26(22(18)28)12-15(2)27)24-21(14)25-8-6-16(7-9-25)30-17-4-5-20(29-3)23-11-17/h4-5,10-11,15-16,27H,6-9,12-13H2,1-3H3. The Morgan fingerprint density at radius 1 is 1.30 bits per heavy atom. The van der Waals surface area contributed by atoms with Crippen LogP contribution in [0, 0.1) is 6.92 Å². The molecule has 1 saturated heterocycles. The molecule has 160 valence electrons. The van der Waals surface area contributed by atoms with E-state index in [4.69, 9.17) is 14.5 Å². The zero-order valence-corrected chi connectivity index (χ0v) is 17.7. The maximum atomic E-state index is 12.6. The van der Waals surface area contributed by atoms with E-state index >= 15 is 0 Å². The summed E-state index contributed by atoms with van der Waals surface area (Å²) in [6.07, 6.45) is 3.04. The number of anilines is 1. The van der Waals surface area contributed by atoms with E-state index in [-0.39, 0.29) is 12.0 Å². The summed E-state index contributed by atoms with van der Waals surface area (Å²) in [6, 6.07) is 5.61. The van der Waals surface area contributed by atoms with Gasteiger partial charge in [0.2, 0.25) is 5.88 Å². The zero-order chi connectivity index (χ0) is 21.3. The molecule has 2 aliphatic heterocycles. The molecule has 2 aromatic heterocycles. The molecule has 8 nitrogen and oxygen atoms in total. The van der Waals surface area contributed by atoms with E-state index in [1.54, 1.807) is 31.2 Å². The molecule has 0 radical (unpaired) electrons. The second kappa shape index (κ2) is 8.47. The first-order chi connectivity index (χ1) is 14.4. The summed E-state index contributed by atoms with van der Waals surface area (Å²) in [5, 5.41) is 9.63. The molecule has 8 heteroatoms. The molecule has 0 saturated carbocycles. The van der Waals surface area contributed by atoms with E-state index in [2.05, 4.69) is 9.88 Å². The van der Waals surface area contributed by atoms with E-state index in [1.807, 2.05) is 19.1 Å². The van der Waals surface area contributed by atoms with Crippen molar-refractivity contribution >= 4 is 11.7 Å². The number of methoxy groups -OCH3 is 1. The molecule has 0 aromatic carbocycles. The molecule has 2 aromatic rings. The second-order valence-corrected chi connectivity index (χ2v) is 8.00. The van der Waals surface area contributed by atoms with Crippen LogP contribution in [0.1, 0.15) is 41.4 Å². The lowest BCUT2D eigenvalue weighted by molar-refractivity contribution is 0.0671. The van der Waals surface area contributed by atoms with E-state index in [1.165, 1.54) is 0 Å². The van der Waals surface area contributed by atoms with Crippen LogP contribution in [0.2, 0.25) is 0 Å². The largest absolute Gasteiger partial charge is 0.489 e. The number of amides is 1. The van der Waals surface area contributed by atoms with E-state index in [0.29, 0.717) is 24.5 Å². The minimum atomic E-state index is -0.552. The van der Waals surface area contributed by atoms with E-state index in [0.717, 1.165) is 48.8 Å². The van der Waals surface area contributed by atoms with Crippen molar-refractivity contribution in [1.29, 1.82) is 0 Å². The number of carbonyl (C=O) groups is 1. The minimum absolute atomic E-state index is 0.0479. The van der Waals surface area contributed by atoms with Crippen LogP contribution in [0.5, 0.6) is 11.6 Å². The number of ether oxygens (including phenoxy) is 2. The third-order valence-corrected chi connectivity index (χ3v) is 5.57. The van der Waals surface area contributed by atoms with Crippen molar-refractivity contribution in [2.75, 3.05) is 31.6 Å². The fourth-order valence-corrected chi connectivity index (χ4v) is 4.09. The van der Waals surface area contributed by atoms with Gasteiger partial charge in [0.1, 0.15) is 17.7 Å². The Balaban J connectivity index is 1.40. The van der Waals surface area contributed by atoms with E-state index in [9.17, 15) is 9.90 Å². The van der Waals surface area contributed by atoms with Crippen molar-refractivity contribution in [3.05, 3.63) is 41.2 Å². The lowest BCUT2D eigenvalue weighted by atomic mass is 10.1. The highest BCUT2D eigenvalue weighted by Gasteiger charge is 2.31. The van der Waals surface area contributed by atoms with Crippen LogP contribution in [0.15, 0.2) is 24.4 Å². The molecule has 2 aliphatic rings. The first-order valence-corrected chi connectivity index (χ1v) is 10.3. The SMILES string of the molecule is COc1ccc(OC2CCN(c3nc4c(cc3C)C(=O)N(CC(C)O)C4)CC2)cn1. The van der Waals surface area contributed by atoms with Gasteiger partial charge in [0, 0.05) is 38.5 Å². The number of pyridine rings is 2. The van der Waals surface area contributed by atoms with Crippen molar-refractivity contribution in [2.45, 2.75) is 45.4 Å². The lowest BCUT2D eigenvalue weighted by Crippen LogP contribution is -2.39. The number of aliphatic hydroxyl groups is 1. The number of piperidine rings is 1. The van der Waals surface area contributed by atoms with Crippen molar-refractivity contribution in [3.8, 4) is 11.6 Å². The van der Waals surface area contributed by atoms with Crippen LogP contribution in [0.25, 0.3) is 0 Å². The van der Waals surface area contributed by atoms with Gasteiger partial charge in [-0.2, -0.15) is 0 Å². The number of carbonyl (C=O) groups excluding carboxylic acids is 1. The number of β-amino-alcohol motifs (C(OH)–C–C–N with tert-alkyl or cyclic N) is 1. The lowest BCUT2D eigenvalue weighted by Gasteiger charge is -2.33. The molecule has 1 N–H and O–H groups in total. The van der Waals surface area contributed by atoms with Gasteiger partial charge in [-0.3, -0.25) is 4.79 Å². The van der Waals surface area contributed by atoms with E-state index < -0.39 is 6.10 Å². The van der Waals surface area contributed by atoms with Crippen LogP contribution in [-0.2, 0) is 6.54 Å². The topological polar surface area (TPSA) is 88.0 Å². The van der Waals surface area contributed by atoms with Gasteiger partial charge in [0.05, 0.1) is 37.2 Å². The highest BCUT2D eigenvalue weighted by molar-refractivity contribution is 5.98. The predicted octanol–water partition coefficient (Wildman–Crippen LogP) is 2.18. The van der Waals surface area contributed by atoms with Gasteiger partial charge in [-0.15, -0.1) is 0 Å². The number of rotatable bonds is 6. The maximum Gasteiger partial charge on any atom is 0.256 e. The Kier molecular flexibility index (Phi) is 5.76. The molecular weight excluding hydrogens is 384 g/mol. The number of nitrogens with zero attached hydrogens (tertiary/aromatic N) is 4. The summed E-state index contributed by atoms with van der Waals surface area (Å²) in [7, 11) is 1.59. The number of fused-ring (bicyclic) bond motifs is 1. The predicted molar refractivity (Wildman–Crippen MR) is 112 cm³/mol. The Hall–Kier alpha value is -2.87. The van der Waals surface area contributed by atoms with Crippen LogP contribution in [0.4, 0.5) is 5.82 Å². The second-order valence-electron chi connectivity index (χ2n) is 8.00. The molecular formula is C22H28N4O4. The number of aromatic nitrogens is 2. The molecule has 4 heterocycles. The Bertz CT molecular complexity index is 908. The minimum Gasteiger partial charge on any atom is -0.489 e. The average molecular weight is 412 g/mol. The Morgan fingerprint density at radius 2 is 2.07 bits per heavy atom. The summed E-state index contributed by atoms with van der Waals surface area (Å²) in [5.74, 6) is 2.21. The van der Waals surface area contributed by atoms with Crippen molar-refractivity contribution in [2.24, 2.45) is 0 Å². The highest BCUT2D eigenvalue weighted by atomic mass is 16.5.